The molecule has 0 atom stereocenters. The summed E-state index contributed by atoms with van der Waals surface area (Å²) in [6.07, 6.45) is 2.70. The van der Waals surface area contributed by atoms with Gasteiger partial charge in [0.15, 0.2) is 0 Å². The van der Waals surface area contributed by atoms with Crippen LogP contribution in [-0.2, 0) is 13.0 Å². The Hall–Kier alpha value is -1.13. The Labute approximate surface area is 104 Å². The highest BCUT2D eigenvalue weighted by Gasteiger charge is 2.02. The third-order valence-corrected chi connectivity index (χ3v) is 3.44. The van der Waals surface area contributed by atoms with Crippen LogP contribution in [0.1, 0.15) is 17.6 Å². The van der Waals surface area contributed by atoms with E-state index in [0.717, 1.165) is 17.1 Å². The maximum Gasteiger partial charge on any atom is 0.145 e. The van der Waals surface area contributed by atoms with Gasteiger partial charge in [0, 0.05) is 11.6 Å². The topological polar surface area (TPSA) is 37.8 Å². The van der Waals surface area contributed by atoms with Crippen molar-refractivity contribution in [1.82, 2.24) is 9.97 Å². The monoisotopic (exact) mass is 253 g/mol. The number of rotatable bonds is 4. The number of pyridine rings is 1. The molecule has 0 fully saturated rings. The number of aromatic nitrogens is 2. The van der Waals surface area contributed by atoms with Crippen molar-refractivity contribution in [1.29, 1.82) is 0 Å². The van der Waals surface area contributed by atoms with Gasteiger partial charge in [-0.05, 0) is 18.6 Å². The highest BCUT2D eigenvalue weighted by molar-refractivity contribution is 7.09. The summed E-state index contributed by atoms with van der Waals surface area (Å²) < 4.78 is 0. The molecule has 84 valence electrons. The Balaban J connectivity index is 1.99. The molecule has 0 amide bonds. The van der Waals surface area contributed by atoms with Crippen molar-refractivity contribution in [3.63, 3.8) is 0 Å². The van der Waals surface area contributed by atoms with Gasteiger partial charge >= 0.3 is 0 Å². The first-order valence-electron chi connectivity index (χ1n) is 5.07. The number of hydrogen-bond acceptors (Lipinski definition) is 4. The third kappa shape index (κ3) is 2.71. The van der Waals surface area contributed by atoms with Crippen LogP contribution in [0.2, 0.25) is 5.02 Å². The highest BCUT2D eigenvalue weighted by Crippen LogP contribution is 2.18. The van der Waals surface area contributed by atoms with E-state index in [0.29, 0.717) is 17.4 Å². The third-order valence-electron chi connectivity index (χ3n) is 2.10. The average molecular weight is 254 g/mol. The quantitative estimate of drug-likeness (QED) is 0.908. The molecule has 2 heterocycles. The number of nitrogens with one attached hydrogen (secondary N) is 1. The predicted octanol–water partition coefficient (Wildman–Crippen LogP) is 3.37. The molecule has 0 aromatic carbocycles. The summed E-state index contributed by atoms with van der Waals surface area (Å²) in [6, 6.07) is 3.63. The van der Waals surface area contributed by atoms with Gasteiger partial charge in [0.05, 0.1) is 22.3 Å². The molecule has 0 spiro atoms. The van der Waals surface area contributed by atoms with Crippen molar-refractivity contribution >= 4 is 28.8 Å². The summed E-state index contributed by atoms with van der Waals surface area (Å²) in [5.41, 5.74) is 1.03. The Morgan fingerprint density at radius 2 is 2.38 bits per heavy atom. The van der Waals surface area contributed by atoms with Crippen LogP contribution < -0.4 is 5.32 Å². The number of thiazole rings is 1. The minimum absolute atomic E-state index is 0.633. The molecule has 0 radical (unpaired) electrons. The lowest BCUT2D eigenvalue weighted by Gasteiger charge is -2.04. The molecule has 0 unspecified atom stereocenters. The van der Waals surface area contributed by atoms with Gasteiger partial charge in [-0.3, -0.25) is 0 Å². The maximum atomic E-state index is 5.98. The average Bonchev–Trinajstić information content (AvgIpc) is 2.76. The summed E-state index contributed by atoms with van der Waals surface area (Å²) in [6.45, 7) is 2.76. The van der Waals surface area contributed by atoms with Gasteiger partial charge in [0.1, 0.15) is 5.82 Å². The summed E-state index contributed by atoms with van der Waals surface area (Å²) in [4.78, 5) is 8.61. The van der Waals surface area contributed by atoms with E-state index in [2.05, 4.69) is 27.6 Å². The lowest BCUT2D eigenvalue weighted by atomic mass is 10.4. The fourth-order valence-electron chi connectivity index (χ4n) is 1.28. The second-order valence-corrected chi connectivity index (χ2v) is 4.62. The molecule has 3 nitrogen and oxygen atoms in total. The van der Waals surface area contributed by atoms with Crippen molar-refractivity contribution < 1.29 is 0 Å². The van der Waals surface area contributed by atoms with Crippen LogP contribution in [0.4, 0.5) is 5.82 Å². The van der Waals surface area contributed by atoms with Crippen molar-refractivity contribution in [2.45, 2.75) is 19.9 Å². The first kappa shape index (κ1) is 11.4. The van der Waals surface area contributed by atoms with E-state index in [1.54, 1.807) is 17.5 Å². The standard InChI is InChI=1S/C11H12ClN3S/c1-2-10-15-8(7-16-10)6-14-11-9(12)4-3-5-13-11/h3-5,7H,2,6H2,1H3,(H,13,14). The van der Waals surface area contributed by atoms with E-state index in [1.165, 1.54) is 0 Å². The minimum Gasteiger partial charge on any atom is -0.363 e. The number of hydrogen-bond donors (Lipinski definition) is 1. The Morgan fingerprint density at radius 1 is 1.50 bits per heavy atom. The normalized spacial score (nSPS) is 10.4. The van der Waals surface area contributed by atoms with Gasteiger partial charge in [-0.15, -0.1) is 11.3 Å². The summed E-state index contributed by atoms with van der Waals surface area (Å²) in [5.74, 6) is 0.704. The molecular weight excluding hydrogens is 242 g/mol. The zero-order chi connectivity index (χ0) is 11.4. The van der Waals surface area contributed by atoms with Crippen molar-refractivity contribution in [3.8, 4) is 0 Å². The molecule has 2 aromatic rings. The molecule has 2 aromatic heterocycles. The molecule has 16 heavy (non-hydrogen) atoms. The van der Waals surface area contributed by atoms with Crippen molar-refractivity contribution in [3.05, 3.63) is 39.4 Å². The fourth-order valence-corrected chi connectivity index (χ4v) is 2.22. The number of halogens is 1. The van der Waals surface area contributed by atoms with Gasteiger partial charge in [0.25, 0.3) is 0 Å². The Kier molecular flexibility index (Phi) is 3.74. The van der Waals surface area contributed by atoms with E-state index < -0.39 is 0 Å². The molecular formula is C11H12ClN3S. The fraction of sp³-hybridized carbons (Fsp3) is 0.273. The zero-order valence-electron chi connectivity index (χ0n) is 8.90. The summed E-state index contributed by atoms with van der Waals surface area (Å²) in [5, 5.41) is 7.02. The van der Waals surface area contributed by atoms with E-state index in [4.69, 9.17) is 11.6 Å². The van der Waals surface area contributed by atoms with Crippen molar-refractivity contribution in [2.24, 2.45) is 0 Å². The molecule has 0 bridgehead atoms. The van der Waals surface area contributed by atoms with Gasteiger partial charge in [-0.2, -0.15) is 0 Å². The van der Waals surface area contributed by atoms with E-state index in [1.807, 2.05) is 12.1 Å². The van der Waals surface area contributed by atoms with Crippen LogP contribution in [0.3, 0.4) is 0 Å². The minimum atomic E-state index is 0.633. The van der Waals surface area contributed by atoms with Crippen LogP contribution in [0, 0.1) is 0 Å². The summed E-state index contributed by atoms with van der Waals surface area (Å²) in [7, 11) is 0. The molecule has 0 aliphatic rings. The van der Waals surface area contributed by atoms with Crippen LogP contribution in [-0.4, -0.2) is 9.97 Å². The van der Waals surface area contributed by atoms with E-state index in [9.17, 15) is 0 Å². The van der Waals surface area contributed by atoms with Gasteiger partial charge in [-0.25, -0.2) is 9.97 Å². The van der Waals surface area contributed by atoms with E-state index in [-0.39, 0.29) is 0 Å². The SMILES string of the molecule is CCc1nc(CNc2ncccc2Cl)cs1. The lowest BCUT2D eigenvalue weighted by Crippen LogP contribution is -2.02. The van der Waals surface area contributed by atoms with Crippen LogP contribution in [0.5, 0.6) is 0 Å². The van der Waals surface area contributed by atoms with Gasteiger partial charge in [-0.1, -0.05) is 18.5 Å². The molecule has 1 N–H and O–H groups in total. The predicted molar refractivity (Wildman–Crippen MR) is 68.1 cm³/mol. The number of aryl methyl sites for hydroxylation is 1. The lowest BCUT2D eigenvalue weighted by molar-refractivity contribution is 1.00. The van der Waals surface area contributed by atoms with Gasteiger partial charge < -0.3 is 5.32 Å². The van der Waals surface area contributed by atoms with Gasteiger partial charge in [0.2, 0.25) is 0 Å². The van der Waals surface area contributed by atoms with Crippen LogP contribution >= 0.6 is 22.9 Å². The summed E-state index contributed by atoms with van der Waals surface area (Å²) >= 11 is 7.66. The first-order chi connectivity index (χ1) is 7.79. The number of nitrogens with zero attached hydrogens (tertiary/aromatic N) is 2. The van der Waals surface area contributed by atoms with Crippen LogP contribution in [0.15, 0.2) is 23.7 Å². The Bertz CT molecular complexity index is 470. The largest absolute Gasteiger partial charge is 0.363 e. The molecule has 0 aliphatic carbocycles. The molecule has 0 saturated heterocycles. The zero-order valence-corrected chi connectivity index (χ0v) is 10.5. The van der Waals surface area contributed by atoms with E-state index >= 15 is 0 Å². The first-order valence-corrected chi connectivity index (χ1v) is 6.33. The maximum absolute atomic E-state index is 5.98. The van der Waals surface area contributed by atoms with Crippen LogP contribution in [0.25, 0.3) is 0 Å². The highest BCUT2D eigenvalue weighted by atomic mass is 35.5. The molecule has 2 rings (SSSR count). The van der Waals surface area contributed by atoms with Crippen molar-refractivity contribution in [2.75, 3.05) is 5.32 Å². The smallest absolute Gasteiger partial charge is 0.145 e. The second kappa shape index (κ2) is 5.27. The second-order valence-electron chi connectivity index (χ2n) is 3.27. The Morgan fingerprint density at radius 3 is 3.06 bits per heavy atom. The molecule has 0 aliphatic heterocycles. The molecule has 0 saturated carbocycles. The number of anilines is 1. The molecule has 5 heteroatoms.